The zero-order chi connectivity index (χ0) is 17.5. The number of anilines is 1. The molecule has 0 aliphatic rings. The van der Waals surface area contributed by atoms with Crippen LogP contribution in [-0.4, -0.2) is 38.4 Å². The van der Waals surface area contributed by atoms with E-state index in [-0.39, 0.29) is 12.5 Å². The fraction of sp³-hybridized carbons (Fsp3) is 0.500. The Hall–Kier alpha value is -1.65. The van der Waals surface area contributed by atoms with Gasteiger partial charge in [0.25, 0.3) is 0 Å². The molecule has 0 spiro atoms. The van der Waals surface area contributed by atoms with Crippen molar-refractivity contribution >= 4 is 24.9 Å². The molecule has 1 rings (SSSR count). The summed E-state index contributed by atoms with van der Waals surface area (Å²) < 4.78 is 21.7. The van der Waals surface area contributed by atoms with Gasteiger partial charge in [-0.2, -0.15) is 0 Å². The number of carbonyl (C=O) groups is 2. The minimum atomic E-state index is -2.45. The van der Waals surface area contributed by atoms with Crippen LogP contribution in [0, 0.1) is 6.92 Å². The number of rotatable bonds is 8. The number of esters is 1. The second-order valence-corrected chi connectivity index (χ2v) is 8.42. The summed E-state index contributed by atoms with van der Waals surface area (Å²) >= 11 is 0. The fourth-order valence-electron chi connectivity index (χ4n) is 1.86. The van der Waals surface area contributed by atoms with Crippen molar-refractivity contribution in [1.29, 1.82) is 0 Å². The van der Waals surface area contributed by atoms with Crippen LogP contribution in [0.3, 0.4) is 0 Å². The molecule has 1 amide bonds. The molecule has 0 fully saturated rings. The van der Waals surface area contributed by atoms with Gasteiger partial charge in [-0.15, -0.1) is 0 Å². The Kier molecular flexibility index (Phi) is 7.46. The van der Waals surface area contributed by atoms with Crippen LogP contribution in [-0.2, 0) is 18.6 Å². The molecular formula is C16H24NO5P. The molecular weight excluding hydrogens is 317 g/mol. The van der Waals surface area contributed by atoms with E-state index in [1.165, 1.54) is 6.92 Å². The molecule has 0 aliphatic carbocycles. The van der Waals surface area contributed by atoms with Crippen LogP contribution in [0.1, 0.15) is 35.7 Å². The summed E-state index contributed by atoms with van der Waals surface area (Å²) in [7, 11) is -2.45. The van der Waals surface area contributed by atoms with Crippen LogP contribution in [0.2, 0.25) is 0 Å². The maximum absolute atomic E-state index is 12.1. The molecule has 6 nitrogen and oxygen atoms in total. The lowest BCUT2D eigenvalue weighted by atomic mass is 10.1. The Morgan fingerprint density at radius 1 is 1.17 bits per heavy atom. The van der Waals surface area contributed by atoms with E-state index in [0.29, 0.717) is 30.7 Å². The highest BCUT2D eigenvalue weighted by Gasteiger charge is 2.14. The van der Waals surface area contributed by atoms with E-state index in [2.05, 4.69) is 5.32 Å². The topological polar surface area (TPSA) is 81.7 Å². The van der Waals surface area contributed by atoms with E-state index in [1.807, 2.05) is 6.92 Å². The molecule has 0 aromatic heterocycles. The monoisotopic (exact) mass is 341 g/mol. The molecule has 0 saturated heterocycles. The first kappa shape index (κ1) is 19.4. The van der Waals surface area contributed by atoms with Gasteiger partial charge in [-0.1, -0.05) is 6.07 Å². The first-order valence-corrected chi connectivity index (χ1v) is 9.96. The predicted octanol–water partition coefficient (Wildman–Crippen LogP) is 3.44. The lowest BCUT2D eigenvalue weighted by Crippen LogP contribution is -2.13. The highest BCUT2D eigenvalue weighted by molar-refractivity contribution is 7.57. The summed E-state index contributed by atoms with van der Waals surface area (Å²) in [6, 6.07) is 5.15. The number of ether oxygens (including phenoxy) is 1. The van der Waals surface area contributed by atoms with E-state index in [1.54, 1.807) is 31.5 Å². The van der Waals surface area contributed by atoms with E-state index < -0.39 is 13.3 Å². The van der Waals surface area contributed by atoms with Crippen LogP contribution < -0.4 is 5.32 Å². The summed E-state index contributed by atoms with van der Waals surface area (Å²) in [4.78, 5) is 23.3. The smallest absolute Gasteiger partial charge is 0.340 e. The normalized spacial score (nSPS) is 11.1. The van der Waals surface area contributed by atoms with Crippen molar-refractivity contribution in [2.75, 3.05) is 31.9 Å². The van der Waals surface area contributed by atoms with Crippen LogP contribution >= 0.6 is 7.37 Å². The highest BCUT2D eigenvalue weighted by Crippen LogP contribution is 2.37. The Balaban J connectivity index is 2.49. The van der Waals surface area contributed by atoms with E-state index in [0.717, 1.165) is 5.56 Å². The average Bonchev–Trinajstić information content (AvgIpc) is 2.40. The minimum absolute atomic E-state index is 0.243. The Morgan fingerprint density at radius 3 is 2.43 bits per heavy atom. The molecule has 0 heterocycles. The molecule has 1 aromatic rings. The molecule has 0 unspecified atom stereocenters. The minimum Gasteiger partial charge on any atom is -0.462 e. The Bertz CT molecular complexity index is 608. The number of amides is 1. The summed E-state index contributed by atoms with van der Waals surface area (Å²) in [6.45, 7) is 7.01. The summed E-state index contributed by atoms with van der Waals surface area (Å²) in [5.74, 6) is -0.725. The van der Waals surface area contributed by atoms with Crippen molar-refractivity contribution in [3.8, 4) is 0 Å². The molecule has 128 valence electrons. The number of nitrogens with one attached hydrogen (secondary N) is 1. The number of benzene rings is 1. The summed E-state index contributed by atoms with van der Waals surface area (Å²) in [5, 5.41) is 2.63. The second-order valence-electron chi connectivity index (χ2n) is 5.66. The molecule has 1 N–H and O–H groups in total. The van der Waals surface area contributed by atoms with Gasteiger partial charge in [0.1, 0.15) is 0 Å². The molecule has 0 saturated carbocycles. The van der Waals surface area contributed by atoms with E-state index in [4.69, 9.17) is 9.26 Å². The van der Waals surface area contributed by atoms with Crippen LogP contribution in [0.4, 0.5) is 5.69 Å². The number of hydrogen-bond donors (Lipinski definition) is 1. The maximum Gasteiger partial charge on any atom is 0.340 e. The highest BCUT2D eigenvalue weighted by atomic mass is 31.2. The number of aryl methyl sites for hydroxylation is 1. The molecule has 0 atom stereocenters. The van der Waals surface area contributed by atoms with Crippen molar-refractivity contribution in [2.24, 2.45) is 0 Å². The number of carbonyl (C=O) groups excluding carboxylic acids is 2. The molecule has 0 radical (unpaired) electrons. The lowest BCUT2D eigenvalue weighted by molar-refractivity contribution is -0.114. The Morgan fingerprint density at radius 2 is 1.83 bits per heavy atom. The van der Waals surface area contributed by atoms with Crippen molar-refractivity contribution in [3.63, 3.8) is 0 Å². The third-order valence-corrected chi connectivity index (χ3v) is 3.68. The Labute approximate surface area is 137 Å². The van der Waals surface area contributed by atoms with Gasteiger partial charge >= 0.3 is 5.97 Å². The van der Waals surface area contributed by atoms with Gasteiger partial charge < -0.3 is 14.6 Å². The third kappa shape index (κ3) is 7.95. The first-order chi connectivity index (χ1) is 10.7. The van der Waals surface area contributed by atoms with Crippen molar-refractivity contribution in [2.45, 2.75) is 26.7 Å². The standard InChI is InChI=1S/C16H24NO5P/c1-12-7-8-14(15(11-12)17-13(2)18)16(19)21-9-5-6-10-22-23(3,4)20/h7-8,11H,5-6,9-10H2,1-4H3,(H,17,18). The number of unbranched alkanes of at least 4 members (excludes halogenated alkanes) is 1. The van der Waals surface area contributed by atoms with Gasteiger partial charge in [0, 0.05) is 20.3 Å². The molecule has 7 heteroatoms. The maximum atomic E-state index is 12.1. The zero-order valence-electron chi connectivity index (χ0n) is 14.0. The average molecular weight is 341 g/mol. The quantitative estimate of drug-likeness (QED) is 0.445. The van der Waals surface area contributed by atoms with Crippen molar-refractivity contribution < 1.29 is 23.4 Å². The van der Waals surface area contributed by atoms with Crippen molar-refractivity contribution in [3.05, 3.63) is 29.3 Å². The SMILES string of the molecule is CC(=O)Nc1cc(C)ccc1C(=O)OCCCCOP(C)(C)=O. The predicted molar refractivity (Wildman–Crippen MR) is 90.4 cm³/mol. The summed E-state index contributed by atoms with van der Waals surface area (Å²) in [5.41, 5.74) is 1.71. The van der Waals surface area contributed by atoms with Gasteiger partial charge in [-0.05, 0) is 37.5 Å². The van der Waals surface area contributed by atoms with Gasteiger partial charge in [-0.25, -0.2) is 4.79 Å². The fourth-order valence-corrected chi connectivity index (χ4v) is 2.43. The number of hydrogen-bond acceptors (Lipinski definition) is 5. The van der Waals surface area contributed by atoms with Crippen LogP contribution in [0.25, 0.3) is 0 Å². The molecule has 23 heavy (non-hydrogen) atoms. The second kappa shape index (κ2) is 8.85. The van der Waals surface area contributed by atoms with Gasteiger partial charge in [-0.3, -0.25) is 9.36 Å². The van der Waals surface area contributed by atoms with Gasteiger partial charge in [0.2, 0.25) is 5.91 Å². The third-order valence-electron chi connectivity index (χ3n) is 2.88. The largest absolute Gasteiger partial charge is 0.462 e. The first-order valence-electron chi connectivity index (χ1n) is 7.44. The molecule has 1 aromatic carbocycles. The summed E-state index contributed by atoms with van der Waals surface area (Å²) in [6.07, 6.45) is 1.28. The molecule has 0 aliphatic heterocycles. The van der Waals surface area contributed by atoms with Crippen LogP contribution in [0.15, 0.2) is 18.2 Å². The van der Waals surface area contributed by atoms with Crippen LogP contribution in [0.5, 0.6) is 0 Å². The van der Waals surface area contributed by atoms with Gasteiger partial charge in [0.05, 0.1) is 24.5 Å². The van der Waals surface area contributed by atoms with Gasteiger partial charge in [0.15, 0.2) is 7.37 Å². The zero-order valence-corrected chi connectivity index (χ0v) is 14.9. The van der Waals surface area contributed by atoms with E-state index in [9.17, 15) is 14.2 Å². The van der Waals surface area contributed by atoms with E-state index >= 15 is 0 Å². The van der Waals surface area contributed by atoms with Crippen molar-refractivity contribution in [1.82, 2.24) is 0 Å². The lowest BCUT2D eigenvalue weighted by Gasteiger charge is -2.11. The molecule has 0 bridgehead atoms.